The van der Waals surface area contributed by atoms with Gasteiger partial charge in [0.25, 0.3) is 0 Å². The maximum atomic E-state index is 10.1. The molecule has 4 aliphatic rings. The fourth-order valence-electron chi connectivity index (χ4n) is 4.97. The SMILES string of the molecule is N#CC1(C#N)[C@@H]2O[C@@H](c3ccccc3)[C@H](C3=C2CCCC3)C1(C#N)C#N. The minimum atomic E-state index is -1.80. The Kier molecular flexibility index (Phi) is 3.59. The summed E-state index contributed by atoms with van der Waals surface area (Å²) < 4.78 is 6.29. The number of rotatable bonds is 1. The van der Waals surface area contributed by atoms with Crippen LogP contribution in [0.1, 0.15) is 37.4 Å². The number of nitriles is 4. The third kappa shape index (κ3) is 1.74. The Morgan fingerprint density at radius 3 is 1.96 bits per heavy atom. The van der Waals surface area contributed by atoms with E-state index in [1.165, 1.54) is 0 Å². The predicted octanol–water partition coefficient (Wildman–Crippen LogP) is 3.69. The van der Waals surface area contributed by atoms with Crippen molar-refractivity contribution in [3.63, 3.8) is 0 Å². The molecule has 5 rings (SSSR count). The van der Waals surface area contributed by atoms with Crippen LogP contribution >= 0.6 is 0 Å². The molecule has 2 heterocycles. The zero-order chi connectivity index (χ0) is 18.4. The van der Waals surface area contributed by atoms with Gasteiger partial charge >= 0.3 is 0 Å². The van der Waals surface area contributed by atoms with Crippen LogP contribution in [0.25, 0.3) is 0 Å². The van der Waals surface area contributed by atoms with Crippen molar-refractivity contribution in [1.29, 1.82) is 21.0 Å². The van der Waals surface area contributed by atoms with Crippen LogP contribution in [0.2, 0.25) is 0 Å². The summed E-state index contributed by atoms with van der Waals surface area (Å²) in [6, 6.07) is 17.8. The Bertz CT molecular complexity index is 923. The fourth-order valence-corrected chi connectivity index (χ4v) is 4.97. The summed E-state index contributed by atoms with van der Waals surface area (Å²) in [5, 5.41) is 40.0. The molecule has 0 amide bonds. The number of benzene rings is 1. The zero-order valence-corrected chi connectivity index (χ0v) is 14.1. The molecule has 2 aliphatic carbocycles. The molecule has 26 heavy (non-hydrogen) atoms. The van der Waals surface area contributed by atoms with Crippen molar-refractivity contribution < 1.29 is 4.74 Å². The predicted molar refractivity (Wildman–Crippen MR) is 90.4 cm³/mol. The van der Waals surface area contributed by atoms with Gasteiger partial charge in [-0.2, -0.15) is 21.0 Å². The van der Waals surface area contributed by atoms with Gasteiger partial charge in [-0.15, -0.1) is 0 Å². The van der Waals surface area contributed by atoms with Crippen molar-refractivity contribution in [2.45, 2.75) is 37.9 Å². The minimum absolute atomic E-state index is 0.493. The molecule has 1 saturated heterocycles. The first-order chi connectivity index (χ1) is 12.7. The molecule has 5 nitrogen and oxygen atoms in total. The molecule has 5 heteroatoms. The van der Waals surface area contributed by atoms with Crippen molar-refractivity contribution in [2.75, 3.05) is 0 Å². The largest absolute Gasteiger partial charge is 0.362 e. The molecule has 0 N–H and O–H groups in total. The Labute approximate surface area is 152 Å². The second-order valence-corrected chi connectivity index (χ2v) is 7.15. The molecule has 1 aromatic carbocycles. The molecule has 0 unspecified atom stereocenters. The first kappa shape index (κ1) is 16.4. The molecular weight excluding hydrogens is 324 g/mol. The lowest BCUT2D eigenvalue weighted by Crippen LogP contribution is -2.63. The summed E-state index contributed by atoms with van der Waals surface area (Å²) in [4.78, 5) is 0. The first-order valence-electron chi connectivity index (χ1n) is 8.76. The van der Waals surface area contributed by atoms with Gasteiger partial charge in [0.05, 0.1) is 30.4 Å². The summed E-state index contributed by atoms with van der Waals surface area (Å²) in [5.41, 5.74) is -0.638. The van der Waals surface area contributed by atoms with Crippen LogP contribution in [-0.4, -0.2) is 6.10 Å². The van der Waals surface area contributed by atoms with Gasteiger partial charge in [-0.25, -0.2) is 0 Å². The second-order valence-electron chi connectivity index (χ2n) is 7.15. The molecule has 1 fully saturated rings. The van der Waals surface area contributed by atoms with Crippen LogP contribution in [0.3, 0.4) is 0 Å². The fraction of sp³-hybridized carbons (Fsp3) is 0.429. The van der Waals surface area contributed by atoms with Gasteiger partial charge in [0.1, 0.15) is 6.10 Å². The topological polar surface area (TPSA) is 104 Å². The summed E-state index contributed by atoms with van der Waals surface area (Å²) >= 11 is 0. The number of ether oxygens (including phenoxy) is 1. The third-order valence-corrected chi connectivity index (χ3v) is 6.15. The van der Waals surface area contributed by atoms with Crippen LogP contribution in [0, 0.1) is 62.1 Å². The quantitative estimate of drug-likeness (QED) is 0.725. The summed E-state index contributed by atoms with van der Waals surface area (Å²) in [6.45, 7) is 0. The van der Waals surface area contributed by atoms with E-state index in [2.05, 4.69) is 12.1 Å². The molecule has 1 aromatic rings. The molecule has 2 aliphatic heterocycles. The van der Waals surface area contributed by atoms with E-state index in [1.54, 1.807) is 0 Å². The normalized spacial score (nSPS) is 30.2. The standard InChI is InChI=1S/C21H16N4O/c22-10-20(11-23)17-15-8-4-5-9-16(15)19(21(20,12-24)13-25)26-18(17)14-6-2-1-3-7-14/h1-3,6-7,17-19H,4-5,8-9H2/t17-,18-,19+/m0/s1. The highest BCUT2D eigenvalue weighted by Gasteiger charge is 2.73. The molecule has 0 saturated carbocycles. The van der Waals surface area contributed by atoms with E-state index in [4.69, 9.17) is 4.74 Å². The Hall–Kier alpha value is -3.12. The number of hydrogen-bond donors (Lipinski definition) is 0. The molecule has 0 radical (unpaired) electrons. The molecule has 0 spiro atoms. The monoisotopic (exact) mass is 340 g/mol. The van der Waals surface area contributed by atoms with E-state index in [0.29, 0.717) is 0 Å². The van der Waals surface area contributed by atoms with Gasteiger partial charge in [-0.1, -0.05) is 35.9 Å². The molecule has 126 valence electrons. The number of fused-ring (bicyclic) bond motifs is 2. The van der Waals surface area contributed by atoms with E-state index in [0.717, 1.165) is 42.4 Å². The van der Waals surface area contributed by atoms with Crippen LogP contribution in [0.5, 0.6) is 0 Å². The molecule has 2 bridgehead atoms. The zero-order valence-electron chi connectivity index (χ0n) is 14.1. The van der Waals surface area contributed by atoms with Gasteiger partial charge in [0, 0.05) is 5.92 Å². The molecule has 3 atom stereocenters. The summed E-state index contributed by atoms with van der Waals surface area (Å²) in [7, 11) is 0. The van der Waals surface area contributed by atoms with E-state index in [1.807, 2.05) is 42.5 Å². The highest BCUT2D eigenvalue weighted by atomic mass is 16.5. The van der Waals surface area contributed by atoms with Crippen molar-refractivity contribution in [3.05, 3.63) is 47.0 Å². The highest BCUT2D eigenvalue weighted by molar-refractivity contribution is 5.52. The first-order valence-corrected chi connectivity index (χ1v) is 8.76. The van der Waals surface area contributed by atoms with Gasteiger partial charge in [-0.05, 0) is 36.8 Å². The van der Waals surface area contributed by atoms with Crippen molar-refractivity contribution >= 4 is 0 Å². The second kappa shape index (κ2) is 5.71. The smallest absolute Gasteiger partial charge is 0.205 e. The average molecular weight is 340 g/mol. The van der Waals surface area contributed by atoms with Crippen LogP contribution < -0.4 is 0 Å². The molecule has 0 aromatic heterocycles. The third-order valence-electron chi connectivity index (χ3n) is 6.15. The highest BCUT2D eigenvalue weighted by Crippen LogP contribution is 2.66. The lowest BCUT2D eigenvalue weighted by atomic mass is 9.46. The number of nitrogens with zero attached hydrogens (tertiary/aromatic N) is 4. The molecular formula is C21H16N4O. The Morgan fingerprint density at radius 1 is 0.808 bits per heavy atom. The number of hydrogen-bond acceptors (Lipinski definition) is 5. The maximum absolute atomic E-state index is 10.1. The van der Waals surface area contributed by atoms with Crippen LogP contribution in [-0.2, 0) is 4.74 Å². The minimum Gasteiger partial charge on any atom is -0.362 e. The van der Waals surface area contributed by atoms with Crippen LogP contribution in [0.15, 0.2) is 41.5 Å². The summed E-state index contributed by atoms with van der Waals surface area (Å²) in [5.74, 6) is -0.598. The van der Waals surface area contributed by atoms with Crippen molar-refractivity contribution in [1.82, 2.24) is 0 Å². The summed E-state index contributed by atoms with van der Waals surface area (Å²) in [6.07, 6.45) is 2.19. The van der Waals surface area contributed by atoms with Gasteiger partial charge < -0.3 is 4.74 Å². The maximum Gasteiger partial charge on any atom is 0.205 e. The van der Waals surface area contributed by atoms with E-state index >= 15 is 0 Å². The van der Waals surface area contributed by atoms with Crippen molar-refractivity contribution in [3.8, 4) is 24.3 Å². The van der Waals surface area contributed by atoms with E-state index < -0.39 is 29.0 Å². The lowest BCUT2D eigenvalue weighted by Gasteiger charge is -2.57. The lowest BCUT2D eigenvalue weighted by molar-refractivity contribution is -0.159. The van der Waals surface area contributed by atoms with E-state index in [-0.39, 0.29) is 0 Å². The van der Waals surface area contributed by atoms with Gasteiger partial charge in [-0.3, -0.25) is 0 Å². The average Bonchev–Trinajstić information content (AvgIpc) is 2.73. The van der Waals surface area contributed by atoms with Gasteiger partial charge in [0.2, 0.25) is 5.41 Å². The van der Waals surface area contributed by atoms with Crippen molar-refractivity contribution in [2.24, 2.45) is 16.7 Å². The van der Waals surface area contributed by atoms with Gasteiger partial charge in [0.15, 0.2) is 5.41 Å². The Morgan fingerprint density at radius 2 is 1.38 bits per heavy atom. The van der Waals surface area contributed by atoms with Crippen LogP contribution in [0.4, 0.5) is 0 Å². The Balaban J connectivity index is 2.02. The van der Waals surface area contributed by atoms with E-state index in [9.17, 15) is 21.0 Å².